The standard InChI is InChI=1S/C15H16N2O4/c1-9-14(19)13(7-18)11(6-17-9)8-21-15(20)10-2-4-12(16)5-3-10/h2-6,18-19H,7-8,16H2,1H3. The fraction of sp³-hybridized carbons (Fsp3) is 0.200. The number of aliphatic hydroxyl groups excluding tert-OH is 1. The number of hydrogen-bond donors (Lipinski definition) is 3. The van der Waals surface area contributed by atoms with Crippen LogP contribution in [0.25, 0.3) is 0 Å². The molecule has 6 nitrogen and oxygen atoms in total. The number of ether oxygens (including phenoxy) is 1. The van der Waals surface area contributed by atoms with Gasteiger partial charge in [-0.15, -0.1) is 0 Å². The van der Waals surface area contributed by atoms with E-state index in [2.05, 4.69) is 4.98 Å². The van der Waals surface area contributed by atoms with E-state index in [0.717, 1.165) is 0 Å². The van der Waals surface area contributed by atoms with E-state index in [9.17, 15) is 15.0 Å². The molecular weight excluding hydrogens is 272 g/mol. The Morgan fingerprint density at radius 2 is 2.00 bits per heavy atom. The third-order valence-electron chi connectivity index (χ3n) is 3.09. The monoisotopic (exact) mass is 288 g/mol. The summed E-state index contributed by atoms with van der Waals surface area (Å²) >= 11 is 0. The number of aryl methyl sites for hydroxylation is 1. The van der Waals surface area contributed by atoms with Crippen LogP contribution in [-0.2, 0) is 18.0 Å². The number of benzene rings is 1. The number of esters is 1. The van der Waals surface area contributed by atoms with E-state index < -0.39 is 5.97 Å². The Bertz CT molecular complexity index is 653. The molecule has 110 valence electrons. The van der Waals surface area contributed by atoms with Gasteiger partial charge in [-0.3, -0.25) is 4.98 Å². The highest BCUT2D eigenvalue weighted by Crippen LogP contribution is 2.24. The normalized spacial score (nSPS) is 10.4. The van der Waals surface area contributed by atoms with Gasteiger partial charge in [0.05, 0.1) is 17.9 Å². The molecule has 0 fully saturated rings. The van der Waals surface area contributed by atoms with Crippen LogP contribution < -0.4 is 5.73 Å². The number of hydrogen-bond acceptors (Lipinski definition) is 6. The van der Waals surface area contributed by atoms with Gasteiger partial charge in [0.25, 0.3) is 0 Å². The summed E-state index contributed by atoms with van der Waals surface area (Å²) in [6.07, 6.45) is 1.47. The summed E-state index contributed by atoms with van der Waals surface area (Å²) in [4.78, 5) is 15.9. The summed E-state index contributed by atoms with van der Waals surface area (Å²) in [5.74, 6) is -0.600. The number of rotatable bonds is 4. The van der Waals surface area contributed by atoms with Crippen LogP contribution in [0.4, 0.5) is 5.69 Å². The van der Waals surface area contributed by atoms with Crippen molar-refractivity contribution in [3.8, 4) is 5.75 Å². The van der Waals surface area contributed by atoms with Gasteiger partial charge in [0, 0.05) is 23.0 Å². The van der Waals surface area contributed by atoms with E-state index in [4.69, 9.17) is 10.5 Å². The largest absolute Gasteiger partial charge is 0.506 e. The number of nitrogens with two attached hydrogens (primary N) is 1. The summed E-state index contributed by atoms with van der Waals surface area (Å²) in [6.45, 7) is 1.18. The molecule has 0 unspecified atom stereocenters. The van der Waals surface area contributed by atoms with E-state index in [1.54, 1.807) is 31.2 Å². The van der Waals surface area contributed by atoms with Gasteiger partial charge in [-0.05, 0) is 31.2 Å². The van der Waals surface area contributed by atoms with Crippen molar-refractivity contribution in [1.82, 2.24) is 4.98 Å². The number of carbonyl (C=O) groups excluding carboxylic acids is 1. The van der Waals surface area contributed by atoms with Crippen LogP contribution in [-0.4, -0.2) is 21.2 Å². The molecule has 2 aromatic rings. The maximum atomic E-state index is 11.9. The molecule has 0 saturated carbocycles. The zero-order chi connectivity index (χ0) is 15.4. The Kier molecular flexibility index (Phi) is 4.39. The highest BCUT2D eigenvalue weighted by atomic mass is 16.5. The van der Waals surface area contributed by atoms with Gasteiger partial charge >= 0.3 is 5.97 Å². The van der Waals surface area contributed by atoms with E-state index >= 15 is 0 Å². The van der Waals surface area contributed by atoms with Crippen molar-refractivity contribution in [1.29, 1.82) is 0 Å². The van der Waals surface area contributed by atoms with Crippen LogP contribution >= 0.6 is 0 Å². The molecular formula is C15H16N2O4. The first-order valence-corrected chi connectivity index (χ1v) is 6.32. The molecule has 6 heteroatoms. The highest BCUT2D eigenvalue weighted by Gasteiger charge is 2.13. The summed E-state index contributed by atoms with van der Waals surface area (Å²) in [5.41, 5.74) is 7.66. The number of aromatic nitrogens is 1. The molecule has 0 spiro atoms. The van der Waals surface area contributed by atoms with Gasteiger partial charge in [0.15, 0.2) is 0 Å². The van der Waals surface area contributed by atoms with Crippen molar-refractivity contribution in [3.63, 3.8) is 0 Å². The molecule has 4 N–H and O–H groups in total. The third kappa shape index (κ3) is 3.29. The Hall–Kier alpha value is -2.60. The Balaban J connectivity index is 2.11. The molecule has 0 saturated heterocycles. The molecule has 1 aromatic heterocycles. The van der Waals surface area contributed by atoms with Crippen LogP contribution in [0.5, 0.6) is 5.75 Å². The molecule has 1 aromatic carbocycles. The molecule has 0 bridgehead atoms. The lowest BCUT2D eigenvalue weighted by atomic mass is 10.1. The van der Waals surface area contributed by atoms with Crippen LogP contribution in [0.2, 0.25) is 0 Å². The maximum Gasteiger partial charge on any atom is 0.338 e. The zero-order valence-electron chi connectivity index (χ0n) is 11.5. The average Bonchev–Trinajstić information content (AvgIpc) is 2.49. The minimum absolute atomic E-state index is 0.0834. The summed E-state index contributed by atoms with van der Waals surface area (Å²) in [6, 6.07) is 6.34. The van der Waals surface area contributed by atoms with Crippen LogP contribution in [0.1, 0.15) is 27.2 Å². The lowest BCUT2D eigenvalue weighted by Crippen LogP contribution is -2.08. The van der Waals surface area contributed by atoms with E-state index in [1.807, 2.05) is 0 Å². The quantitative estimate of drug-likeness (QED) is 0.582. The lowest BCUT2D eigenvalue weighted by molar-refractivity contribution is 0.0469. The van der Waals surface area contributed by atoms with Crippen LogP contribution in [0.15, 0.2) is 30.5 Å². The number of aliphatic hydroxyl groups is 1. The zero-order valence-corrected chi connectivity index (χ0v) is 11.5. The number of nitrogens with zero attached hydrogens (tertiary/aromatic N) is 1. The third-order valence-corrected chi connectivity index (χ3v) is 3.09. The summed E-state index contributed by atoms with van der Waals surface area (Å²) in [5, 5.41) is 19.1. The predicted molar refractivity (Wildman–Crippen MR) is 76.5 cm³/mol. The molecule has 0 aliphatic heterocycles. The molecule has 0 amide bonds. The number of pyridine rings is 1. The first-order valence-electron chi connectivity index (χ1n) is 6.32. The number of carbonyl (C=O) groups is 1. The first kappa shape index (κ1) is 14.8. The highest BCUT2D eigenvalue weighted by molar-refractivity contribution is 5.89. The summed E-state index contributed by atoms with van der Waals surface area (Å²) < 4.78 is 5.15. The maximum absolute atomic E-state index is 11.9. The van der Waals surface area contributed by atoms with Gasteiger partial charge < -0.3 is 20.7 Å². The van der Waals surface area contributed by atoms with Gasteiger partial charge in [0.1, 0.15) is 12.4 Å². The number of anilines is 1. The number of nitrogen functional groups attached to an aromatic ring is 1. The van der Waals surface area contributed by atoms with Crippen molar-refractivity contribution >= 4 is 11.7 Å². The van der Waals surface area contributed by atoms with Gasteiger partial charge in [-0.2, -0.15) is 0 Å². The Morgan fingerprint density at radius 1 is 1.33 bits per heavy atom. The minimum atomic E-state index is -0.515. The van der Waals surface area contributed by atoms with E-state index in [-0.39, 0.29) is 19.0 Å². The molecule has 0 atom stereocenters. The van der Waals surface area contributed by atoms with E-state index in [1.165, 1.54) is 6.20 Å². The van der Waals surface area contributed by atoms with Crippen molar-refractivity contribution in [3.05, 3.63) is 52.8 Å². The molecule has 0 radical (unpaired) electrons. The minimum Gasteiger partial charge on any atom is -0.506 e. The molecule has 21 heavy (non-hydrogen) atoms. The lowest BCUT2D eigenvalue weighted by Gasteiger charge is -2.11. The predicted octanol–water partition coefficient (Wildman–Crippen LogP) is 1.53. The van der Waals surface area contributed by atoms with Crippen LogP contribution in [0, 0.1) is 6.92 Å². The van der Waals surface area contributed by atoms with Crippen molar-refractivity contribution in [2.45, 2.75) is 20.1 Å². The Morgan fingerprint density at radius 3 is 2.62 bits per heavy atom. The van der Waals surface area contributed by atoms with Crippen LogP contribution in [0.3, 0.4) is 0 Å². The fourth-order valence-corrected chi connectivity index (χ4v) is 1.83. The fourth-order valence-electron chi connectivity index (χ4n) is 1.83. The second kappa shape index (κ2) is 6.23. The topological polar surface area (TPSA) is 106 Å². The van der Waals surface area contributed by atoms with Gasteiger partial charge in [-0.25, -0.2) is 4.79 Å². The molecule has 0 aliphatic rings. The second-order valence-electron chi connectivity index (χ2n) is 4.55. The molecule has 2 rings (SSSR count). The SMILES string of the molecule is Cc1ncc(COC(=O)c2ccc(N)cc2)c(CO)c1O. The molecule has 0 aliphatic carbocycles. The number of aromatic hydroxyl groups is 1. The van der Waals surface area contributed by atoms with Crippen molar-refractivity contribution in [2.75, 3.05) is 5.73 Å². The van der Waals surface area contributed by atoms with Crippen molar-refractivity contribution in [2.24, 2.45) is 0 Å². The Labute approximate surface area is 121 Å². The second-order valence-corrected chi connectivity index (χ2v) is 4.55. The van der Waals surface area contributed by atoms with Gasteiger partial charge in [0.2, 0.25) is 0 Å². The smallest absolute Gasteiger partial charge is 0.338 e. The van der Waals surface area contributed by atoms with Crippen molar-refractivity contribution < 1.29 is 19.7 Å². The molecule has 1 heterocycles. The van der Waals surface area contributed by atoms with Gasteiger partial charge in [-0.1, -0.05) is 0 Å². The summed E-state index contributed by atoms with van der Waals surface area (Å²) in [7, 11) is 0. The van der Waals surface area contributed by atoms with E-state index in [0.29, 0.717) is 28.1 Å². The first-order chi connectivity index (χ1) is 10.0. The average molecular weight is 288 g/mol.